The van der Waals surface area contributed by atoms with Crippen LogP contribution in [0.4, 0.5) is 11.4 Å². The van der Waals surface area contributed by atoms with Crippen LogP contribution in [-0.4, -0.2) is 28.8 Å². The minimum Gasteiger partial charge on any atom is -0.487 e. The summed E-state index contributed by atoms with van der Waals surface area (Å²) >= 11 is 0. The van der Waals surface area contributed by atoms with Gasteiger partial charge < -0.3 is 15.2 Å². The van der Waals surface area contributed by atoms with E-state index in [1.54, 1.807) is 25.1 Å². The Hall–Kier alpha value is -1.82. The van der Waals surface area contributed by atoms with Gasteiger partial charge in [-0.25, -0.2) is 0 Å². The van der Waals surface area contributed by atoms with Gasteiger partial charge in [-0.3, -0.25) is 10.1 Å². The first-order chi connectivity index (χ1) is 9.61. The zero-order valence-corrected chi connectivity index (χ0v) is 11.5. The van der Waals surface area contributed by atoms with E-state index in [4.69, 9.17) is 4.74 Å². The van der Waals surface area contributed by atoms with Crippen molar-refractivity contribution in [2.24, 2.45) is 0 Å². The summed E-state index contributed by atoms with van der Waals surface area (Å²) in [5.41, 5.74) is 0.475. The van der Waals surface area contributed by atoms with Crippen molar-refractivity contribution in [2.75, 3.05) is 11.9 Å². The Morgan fingerprint density at radius 1 is 1.40 bits per heavy atom. The number of hydrogen-bond acceptors (Lipinski definition) is 5. The molecule has 1 aliphatic carbocycles. The summed E-state index contributed by atoms with van der Waals surface area (Å²) in [6, 6.07) is 5.22. The van der Waals surface area contributed by atoms with Gasteiger partial charge in [0.2, 0.25) is 0 Å². The summed E-state index contributed by atoms with van der Waals surface area (Å²) in [4.78, 5) is 10.8. The number of nitrogens with one attached hydrogen (secondary N) is 1. The van der Waals surface area contributed by atoms with Gasteiger partial charge in [-0.1, -0.05) is 6.07 Å². The van der Waals surface area contributed by atoms with Crippen molar-refractivity contribution >= 4 is 11.4 Å². The number of rotatable bonds is 5. The minimum atomic E-state index is -0.412. The summed E-state index contributed by atoms with van der Waals surface area (Å²) in [5, 5.41) is 24.0. The van der Waals surface area contributed by atoms with Crippen LogP contribution in [0.15, 0.2) is 18.2 Å². The van der Waals surface area contributed by atoms with Crippen molar-refractivity contribution in [2.45, 2.75) is 44.8 Å². The Kier molecular flexibility index (Phi) is 4.79. The van der Waals surface area contributed by atoms with Gasteiger partial charge in [0.25, 0.3) is 0 Å². The molecule has 0 aliphatic heterocycles. The first-order valence-electron chi connectivity index (χ1n) is 6.96. The summed E-state index contributed by atoms with van der Waals surface area (Å²) < 4.78 is 5.32. The normalized spacial score (nSPS) is 22.3. The van der Waals surface area contributed by atoms with Crippen LogP contribution in [0.25, 0.3) is 0 Å². The van der Waals surface area contributed by atoms with Crippen molar-refractivity contribution in [3.05, 3.63) is 28.3 Å². The van der Waals surface area contributed by atoms with Crippen molar-refractivity contribution in [1.82, 2.24) is 0 Å². The molecule has 6 nitrogen and oxygen atoms in total. The lowest BCUT2D eigenvalue weighted by atomic mass is 9.93. The fourth-order valence-electron chi connectivity index (χ4n) is 2.54. The molecule has 0 spiro atoms. The second kappa shape index (κ2) is 6.56. The first-order valence-corrected chi connectivity index (χ1v) is 6.96. The SMILES string of the molecule is CCOc1cccc(NC2CCC(O)CC2)c1[N+](=O)[O-]. The van der Waals surface area contributed by atoms with Crippen LogP contribution in [-0.2, 0) is 0 Å². The number of aliphatic hydroxyl groups excluding tert-OH is 1. The van der Waals surface area contributed by atoms with Crippen LogP contribution in [0.2, 0.25) is 0 Å². The lowest BCUT2D eigenvalue weighted by Crippen LogP contribution is -2.28. The predicted molar refractivity (Wildman–Crippen MR) is 76.2 cm³/mol. The van der Waals surface area contributed by atoms with Gasteiger partial charge in [0.15, 0.2) is 5.75 Å². The number of nitro benzene ring substituents is 1. The van der Waals surface area contributed by atoms with E-state index in [0.29, 0.717) is 18.0 Å². The largest absolute Gasteiger partial charge is 0.487 e. The van der Waals surface area contributed by atoms with E-state index >= 15 is 0 Å². The molecule has 1 aliphatic rings. The molecule has 0 unspecified atom stereocenters. The lowest BCUT2D eigenvalue weighted by molar-refractivity contribution is -0.385. The summed E-state index contributed by atoms with van der Waals surface area (Å²) in [5.74, 6) is 0.290. The molecule has 1 aromatic rings. The Morgan fingerprint density at radius 3 is 2.70 bits per heavy atom. The smallest absolute Gasteiger partial charge is 0.333 e. The van der Waals surface area contributed by atoms with Crippen LogP contribution in [0.1, 0.15) is 32.6 Å². The Bertz CT molecular complexity index is 470. The molecule has 0 aromatic heterocycles. The lowest BCUT2D eigenvalue weighted by Gasteiger charge is -2.27. The molecule has 2 rings (SSSR count). The summed E-state index contributed by atoms with van der Waals surface area (Å²) in [6.45, 7) is 2.19. The van der Waals surface area contributed by atoms with Crippen LogP contribution >= 0.6 is 0 Å². The van der Waals surface area contributed by atoms with Crippen LogP contribution in [0, 0.1) is 10.1 Å². The maximum Gasteiger partial charge on any atom is 0.333 e. The molecule has 0 atom stereocenters. The third kappa shape index (κ3) is 3.39. The van der Waals surface area contributed by atoms with E-state index in [2.05, 4.69) is 5.32 Å². The first kappa shape index (κ1) is 14.6. The van der Waals surface area contributed by atoms with Crippen LogP contribution < -0.4 is 10.1 Å². The number of nitro groups is 1. The Balaban J connectivity index is 2.18. The van der Waals surface area contributed by atoms with Crippen molar-refractivity contribution in [3.8, 4) is 5.75 Å². The van der Waals surface area contributed by atoms with Gasteiger partial charge in [-0.05, 0) is 44.7 Å². The van der Waals surface area contributed by atoms with Crippen molar-refractivity contribution in [3.63, 3.8) is 0 Å². The quantitative estimate of drug-likeness (QED) is 0.640. The van der Waals surface area contributed by atoms with Gasteiger partial charge in [-0.2, -0.15) is 0 Å². The zero-order chi connectivity index (χ0) is 14.5. The number of para-hydroxylation sites is 1. The number of hydrogen-bond donors (Lipinski definition) is 2. The molecule has 1 saturated carbocycles. The molecular formula is C14H20N2O4. The number of anilines is 1. The Labute approximate surface area is 117 Å². The van der Waals surface area contributed by atoms with Crippen molar-refractivity contribution < 1.29 is 14.8 Å². The molecule has 0 heterocycles. The highest BCUT2D eigenvalue weighted by atomic mass is 16.6. The van der Waals surface area contributed by atoms with Gasteiger partial charge >= 0.3 is 5.69 Å². The average molecular weight is 280 g/mol. The van der Waals surface area contributed by atoms with Crippen LogP contribution in [0.3, 0.4) is 0 Å². The maximum absolute atomic E-state index is 11.3. The third-order valence-corrected chi connectivity index (χ3v) is 3.54. The van der Waals surface area contributed by atoms with E-state index in [-0.39, 0.29) is 17.8 Å². The molecule has 6 heteroatoms. The molecule has 0 bridgehead atoms. The van der Waals surface area contributed by atoms with Gasteiger partial charge in [0.05, 0.1) is 17.6 Å². The minimum absolute atomic E-state index is 0.0135. The van der Waals surface area contributed by atoms with E-state index in [1.165, 1.54) is 0 Å². The van der Waals surface area contributed by atoms with E-state index < -0.39 is 4.92 Å². The molecule has 2 N–H and O–H groups in total. The van der Waals surface area contributed by atoms with E-state index in [0.717, 1.165) is 25.7 Å². The molecule has 20 heavy (non-hydrogen) atoms. The van der Waals surface area contributed by atoms with E-state index in [1.807, 2.05) is 0 Å². The molecule has 1 aromatic carbocycles. The molecule has 0 radical (unpaired) electrons. The van der Waals surface area contributed by atoms with E-state index in [9.17, 15) is 15.2 Å². The predicted octanol–water partition coefficient (Wildman–Crippen LogP) is 2.71. The molecule has 0 amide bonds. The highest BCUT2D eigenvalue weighted by Crippen LogP contribution is 2.36. The number of benzene rings is 1. The second-order valence-corrected chi connectivity index (χ2v) is 4.99. The molecule has 110 valence electrons. The highest BCUT2D eigenvalue weighted by molar-refractivity contribution is 5.68. The second-order valence-electron chi connectivity index (χ2n) is 4.99. The molecular weight excluding hydrogens is 260 g/mol. The number of nitrogens with zero attached hydrogens (tertiary/aromatic N) is 1. The third-order valence-electron chi connectivity index (χ3n) is 3.54. The highest BCUT2D eigenvalue weighted by Gasteiger charge is 2.25. The molecule has 0 saturated heterocycles. The maximum atomic E-state index is 11.3. The molecule has 1 fully saturated rings. The van der Waals surface area contributed by atoms with Crippen LogP contribution in [0.5, 0.6) is 5.75 Å². The average Bonchev–Trinajstić information content (AvgIpc) is 2.41. The van der Waals surface area contributed by atoms with Gasteiger partial charge in [0, 0.05) is 6.04 Å². The fourth-order valence-corrected chi connectivity index (χ4v) is 2.54. The monoisotopic (exact) mass is 280 g/mol. The van der Waals surface area contributed by atoms with Gasteiger partial charge in [0.1, 0.15) is 5.69 Å². The van der Waals surface area contributed by atoms with Crippen molar-refractivity contribution in [1.29, 1.82) is 0 Å². The number of aliphatic hydroxyl groups is 1. The summed E-state index contributed by atoms with van der Waals surface area (Å²) in [7, 11) is 0. The van der Waals surface area contributed by atoms with Gasteiger partial charge in [-0.15, -0.1) is 0 Å². The zero-order valence-electron chi connectivity index (χ0n) is 11.5. The standard InChI is InChI=1S/C14H20N2O4/c1-2-20-13-5-3-4-12(14(13)16(18)19)15-10-6-8-11(17)9-7-10/h3-5,10-11,15,17H,2,6-9H2,1H3. The summed E-state index contributed by atoms with van der Waals surface area (Å²) in [6.07, 6.45) is 2.86. The topological polar surface area (TPSA) is 84.6 Å². The number of ether oxygens (including phenoxy) is 1. The fraction of sp³-hybridized carbons (Fsp3) is 0.571. The Morgan fingerprint density at radius 2 is 2.10 bits per heavy atom.